The van der Waals surface area contributed by atoms with Gasteiger partial charge in [0.2, 0.25) is 0 Å². The van der Waals surface area contributed by atoms with E-state index in [4.69, 9.17) is 35.4 Å². The van der Waals surface area contributed by atoms with E-state index in [-0.39, 0.29) is 12.1 Å². The summed E-state index contributed by atoms with van der Waals surface area (Å²) in [7, 11) is 0. The fourth-order valence-corrected chi connectivity index (χ4v) is 5.97. The molecule has 0 saturated carbocycles. The maximum absolute atomic E-state index is 6.62. The van der Waals surface area contributed by atoms with Crippen LogP contribution in [0.15, 0.2) is 79.0 Å². The predicted octanol–water partition coefficient (Wildman–Crippen LogP) is 7.27. The van der Waals surface area contributed by atoms with Crippen LogP contribution in [0.2, 0.25) is 10.0 Å². The quantitative estimate of drug-likeness (QED) is 0.179. The molecule has 0 amide bonds. The van der Waals surface area contributed by atoms with Crippen LogP contribution < -0.4 is 10.6 Å². The van der Waals surface area contributed by atoms with Crippen LogP contribution in [0.3, 0.4) is 0 Å². The Balaban J connectivity index is 1.47. The number of pyridine rings is 1. The molecule has 3 heterocycles. The van der Waals surface area contributed by atoms with Gasteiger partial charge in [-0.15, -0.1) is 0 Å². The summed E-state index contributed by atoms with van der Waals surface area (Å²) in [6.45, 7) is 5.90. The van der Waals surface area contributed by atoms with Crippen LogP contribution in [0.4, 0.5) is 5.69 Å². The van der Waals surface area contributed by atoms with E-state index in [1.54, 1.807) is 6.07 Å². The number of anilines is 1. The molecule has 2 aromatic heterocycles. The van der Waals surface area contributed by atoms with Crippen molar-refractivity contribution in [3.05, 3.63) is 112 Å². The van der Waals surface area contributed by atoms with Crippen molar-refractivity contribution in [3.8, 4) is 5.69 Å². The highest BCUT2D eigenvalue weighted by molar-refractivity contribution is 7.80. The number of aromatic nitrogens is 2. The molecule has 0 aliphatic carbocycles. The lowest BCUT2D eigenvalue weighted by Gasteiger charge is -2.28. The summed E-state index contributed by atoms with van der Waals surface area (Å²) in [5.41, 5.74) is 6.41. The Kier molecular flexibility index (Phi) is 7.70. The van der Waals surface area contributed by atoms with Crippen molar-refractivity contribution in [2.45, 2.75) is 32.4 Å². The molecule has 5 rings (SSSR count). The first-order valence-electron chi connectivity index (χ1n) is 12.4. The second-order valence-corrected chi connectivity index (χ2v) is 10.5. The first kappa shape index (κ1) is 25.6. The fraction of sp³-hybridized carbons (Fsp3) is 0.241. The molecule has 1 aliphatic heterocycles. The second kappa shape index (κ2) is 11.1. The van der Waals surface area contributed by atoms with E-state index in [9.17, 15) is 0 Å². The number of nitrogens with zero attached hydrogens (tertiary/aromatic N) is 3. The van der Waals surface area contributed by atoms with Gasteiger partial charge in [-0.25, -0.2) is 0 Å². The monoisotopic (exact) mass is 549 g/mol. The molecule has 1 fully saturated rings. The maximum Gasteiger partial charge on any atom is 0.170 e. The molecular weight excluding hydrogens is 521 g/mol. The van der Waals surface area contributed by atoms with Crippen LogP contribution in [0.5, 0.6) is 0 Å². The van der Waals surface area contributed by atoms with Crippen LogP contribution in [-0.2, 0) is 0 Å². The molecule has 5 nitrogen and oxygen atoms in total. The Morgan fingerprint density at radius 1 is 1.00 bits per heavy atom. The molecular formula is C29H29Cl2N5S. The fourth-order valence-electron chi connectivity index (χ4n) is 5.14. The van der Waals surface area contributed by atoms with Crippen molar-refractivity contribution in [2.24, 2.45) is 0 Å². The summed E-state index contributed by atoms with van der Waals surface area (Å²) in [6.07, 6.45) is 2.77. The minimum absolute atomic E-state index is 0.00912. The Morgan fingerprint density at radius 2 is 1.78 bits per heavy atom. The van der Waals surface area contributed by atoms with E-state index in [0.29, 0.717) is 10.0 Å². The van der Waals surface area contributed by atoms with Gasteiger partial charge in [0.25, 0.3) is 0 Å². The van der Waals surface area contributed by atoms with Crippen LogP contribution in [0, 0.1) is 13.8 Å². The van der Waals surface area contributed by atoms with Gasteiger partial charge in [-0.2, -0.15) is 0 Å². The third-order valence-electron chi connectivity index (χ3n) is 6.82. The van der Waals surface area contributed by atoms with Crippen molar-refractivity contribution in [1.29, 1.82) is 0 Å². The molecule has 1 saturated heterocycles. The lowest BCUT2D eigenvalue weighted by molar-refractivity contribution is 0.315. The van der Waals surface area contributed by atoms with E-state index < -0.39 is 0 Å². The highest BCUT2D eigenvalue weighted by atomic mass is 35.5. The molecule has 2 atom stereocenters. The molecule has 37 heavy (non-hydrogen) atoms. The largest absolute Gasteiger partial charge is 0.385 e. The number of hydrogen-bond donors (Lipinski definition) is 2. The highest BCUT2D eigenvalue weighted by Gasteiger charge is 2.41. The molecule has 190 valence electrons. The lowest BCUT2D eigenvalue weighted by atomic mass is 9.96. The first-order chi connectivity index (χ1) is 17.9. The number of benzene rings is 2. The Bertz CT molecular complexity index is 1390. The standard InChI is InChI=1S/C29H29Cl2N5S/c1-19-17-23(20(2)36(19)26-13-12-21(30)18-24(26)31)28-27(25-11-6-7-14-33-25)34-29(37)35(28)16-8-15-32-22-9-4-3-5-10-22/h3-7,9-14,17-18,27-28,32H,8,15-16H2,1-2H3,(H,34,37)/t27-,28+/m0/s1. The zero-order valence-electron chi connectivity index (χ0n) is 20.8. The number of halogens is 2. The summed E-state index contributed by atoms with van der Waals surface area (Å²) < 4.78 is 2.19. The van der Waals surface area contributed by atoms with E-state index in [1.165, 1.54) is 5.56 Å². The third-order valence-corrected chi connectivity index (χ3v) is 7.71. The molecule has 2 N–H and O–H groups in total. The van der Waals surface area contributed by atoms with Crippen molar-refractivity contribution in [2.75, 3.05) is 18.4 Å². The highest BCUT2D eigenvalue weighted by Crippen LogP contribution is 2.42. The smallest absolute Gasteiger partial charge is 0.170 e. The summed E-state index contributed by atoms with van der Waals surface area (Å²) >= 11 is 18.7. The van der Waals surface area contributed by atoms with E-state index in [0.717, 1.165) is 53.1 Å². The normalized spacial score (nSPS) is 17.2. The van der Waals surface area contributed by atoms with Crippen LogP contribution >= 0.6 is 35.4 Å². The summed E-state index contributed by atoms with van der Waals surface area (Å²) in [6, 6.07) is 24.1. The second-order valence-electron chi connectivity index (χ2n) is 9.22. The molecule has 0 unspecified atom stereocenters. The number of para-hydroxylation sites is 1. The van der Waals surface area contributed by atoms with Crippen LogP contribution in [-0.4, -0.2) is 32.7 Å². The first-order valence-corrected chi connectivity index (χ1v) is 13.5. The van der Waals surface area contributed by atoms with Crippen molar-refractivity contribution in [3.63, 3.8) is 0 Å². The number of aryl methyl sites for hydroxylation is 1. The average Bonchev–Trinajstić information content (AvgIpc) is 3.38. The average molecular weight is 551 g/mol. The molecule has 0 radical (unpaired) electrons. The number of hydrogen-bond acceptors (Lipinski definition) is 3. The molecule has 4 aromatic rings. The number of thiocarbonyl (C=S) groups is 1. The zero-order chi connectivity index (χ0) is 25.9. The minimum atomic E-state index is -0.0644. The summed E-state index contributed by atoms with van der Waals surface area (Å²) in [5, 5.41) is 9.05. The topological polar surface area (TPSA) is 45.1 Å². The molecule has 2 aromatic carbocycles. The van der Waals surface area contributed by atoms with E-state index in [2.05, 4.69) is 63.2 Å². The van der Waals surface area contributed by atoms with E-state index >= 15 is 0 Å². The molecule has 0 bridgehead atoms. The SMILES string of the molecule is Cc1cc([C@@H]2[C@H](c3ccccn3)NC(=S)N2CCCNc2ccccc2)c(C)n1-c1ccc(Cl)cc1Cl. The van der Waals surface area contributed by atoms with Crippen molar-refractivity contribution < 1.29 is 0 Å². The Labute approximate surface area is 233 Å². The van der Waals surface area contributed by atoms with E-state index in [1.807, 2.05) is 48.7 Å². The summed E-state index contributed by atoms with van der Waals surface area (Å²) in [5.74, 6) is 0. The van der Waals surface area contributed by atoms with Gasteiger partial charge in [-0.05, 0) is 86.6 Å². The lowest BCUT2D eigenvalue weighted by Crippen LogP contribution is -2.31. The number of rotatable bonds is 8. The molecule has 8 heteroatoms. The van der Waals surface area contributed by atoms with Gasteiger partial charge in [0, 0.05) is 41.4 Å². The maximum atomic E-state index is 6.62. The van der Waals surface area contributed by atoms with Crippen molar-refractivity contribution >= 4 is 46.2 Å². The predicted molar refractivity (Wildman–Crippen MR) is 157 cm³/mol. The zero-order valence-corrected chi connectivity index (χ0v) is 23.1. The Hall–Kier alpha value is -3.06. The van der Waals surface area contributed by atoms with Gasteiger partial charge in [0.1, 0.15) is 0 Å². The van der Waals surface area contributed by atoms with Gasteiger partial charge >= 0.3 is 0 Å². The molecule has 0 spiro atoms. The minimum Gasteiger partial charge on any atom is -0.385 e. The van der Waals surface area contributed by atoms with Gasteiger partial charge in [-0.3, -0.25) is 4.98 Å². The Morgan fingerprint density at radius 3 is 2.51 bits per heavy atom. The van der Waals surface area contributed by atoms with Gasteiger partial charge < -0.3 is 20.1 Å². The van der Waals surface area contributed by atoms with Crippen LogP contribution in [0.25, 0.3) is 5.69 Å². The molecule has 1 aliphatic rings. The number of nitrogens with one attached hydrogen (secondary N) is 2. The van der Waals surface area contributed by atoms with Crippen molar-refractivity contribution in [1.82, 2.24) is 19.8 Å². The van der Waals surface area contributed by atoms with Gasteiger partial charge in [-0.1, -0.05) is 47.5 Å². The van der Waals surface area contributed by atoms with Gasteiger partial charge in [0.15, 0.2) is 5.11 Å². The van der Waals surface area contributed by atoms with Gasteiger partial charge in [0.05, 0.1) is 28.5 Å². The summed E-state index contributed by atoms with van der Waals surface area (Å²) in [4.78, 5) is 6.98. The third kappa shape index (κ3) is 5.33. The van der Waals surface area contributed by atoms with Crippen LogP contribution in [0.1, 0.15) is 41.1 Å².